The Labute approximate surface area is 116 Å². The van der Waals surface area contributed by atoms with Crippen molar-refractivity contribution in [2.45, 2.75) is 32.4 Å². The Morgan fingerprint density at radius 1 is 1.20 bits per heavy atom. The van der Waals surface area contributed by atoms with Crippen LogP contribution >= 0.6 is 0 Å². The Balaban J connectivity index is 1.60. The Morgan fingerprint density at radius 3 is 2.95 bits per heavy atom. The Morgan fingerprint density at radius 2 is 2.10 bits per heavy atom. The highest BCUT2D eigenvalue weighted by Gasteiger charge is 2.21. The van der Waals surface area contributed by atoms with E-state index in [0.29, 0.717) is 30.1 Å². The first-order chi connectivity index (χ1) is 9.78. The van der Waals surface area contributed by atoms with Gasteiger partial charge in [0, 0.05) is 11.4 Å². The van der Waals surface area contributed by atoms with Crippen molar-refractivity contribution in [1.29, 1.82) is 0 Å². The van der Waals surface area contributed by atoms with Gasteiger partial charge in [0.2, 0.25) is 5.89 Å². The van der Waals surface area contributed by atoms with Crippen molar-refractivity contribution in [3.8, 4) is 11.7 Å². The minimum atomic E-state index is 0.437. The fraction of sp³-hybridized carbons (Fsp3) is 0.333. The molecule has 0 atom stereocenters. The Kier molecular flexibility index (Phi) is 2.60. The van der Waals surface area contributed by atoms with Gasteiger partial charge in [0.05, 0.1) is 6.54 Å². The van der Waals surface area contributed by atoms with Crippen LogP contribution in [0.25, 0.3) is 22.6 Å². The van der Waals surface area contributed by atoms with E-state index in [4.69, 9.17) is 8.83 Å². The van der Waals surface area contributed by atoms with Crippen molar-refractivity contribution in [1.82, 2.24) is 15.5 Å². The van der Waals surface area contributed by atoms with Crippen LogP contribution in [0.4, 0.5) is 0 Å². The second-order valence-corrected chi connectivity index (χ2v) is 5.31. The Hall–Kier alpha value is -2.14. The lowest BCUT2D eigenvalue weighted by atomic mass is 10.2. The molecule has 1 fully saturated rings. The largest absolute Gasteiger partial charge is 0.451 e. The number of fused-ring (bicyclic) bond motifs is 1. The first-order valence-electron chi connectivity index (χ1n) is 6.84. The van der Waals surface area contributed by atoms with Crippen molar-refractivity contribution < 1.29 is 8.83 Å². The van der Waals surface area contributed by atoms with Crippen molar-refractivity contribution in [2.24, 2.45) is 0 Å². The fourth-order valence-electron chi connectivity index (χ4n) is 2.21. The summed E-state index contributed by atoms with van der Waals surface area (Å²) in [5.41, 5.74) is 2.03. The SMILES string of the molecule is Cc1ccc2oc(-c3nnc(CNC4CC4)o3)cc2c1. The van der Waals surface area contributed by atoms with E-state index in [-0.39, 0.29) is 0 Å². The van der Waals surface area contributed by atoms with E-state index in [0.717, 1.165) is 11.0 Å². The van der Waals surface area contributed by atoms with Gasteiger partial charge in [-0.15, -0.1) is 10.2 Å². The number of nitrogens with zero attached hydrogens (tertiary/aromatic N) is 2. The molecular weight excluding hydrogens is 254 g/mol. The van der Waals surface area contributed by atoms with Gasteiger partial charge in [-0.1, -0.05) is 11.6 Å². The molecule has 0 spiro atoms. The highest BCUT2D eigenvalue weighted by molar-refractivity contribution is 5.82. The highest BCUT2D eigenvalue weighted by atomic mass is 16.4. The van der Waals surface area contributed by atoms with Crippen LogP contribution in [0.1, 0.15) is 24.3 Å². The molecule has 1 saturated carbocycles. The second-order valence-electron chi connectivity index (χ2n) is 5.31. The second kappa shape index (κ2) is 4.45. The number of hydrogen-bond donors (Lipinski definition) is 1. The maximum absolute atomic E-state index is 5.74. The molecule has 0 unspecified atom stereocenters. The van der Waals surface area contributed by atoms with E-state index in [1.165, 1.54) is 18.4 Å². The standard InChI is InChI=1S/C15H15N3O2/c1-9-2-5-12-10(6-9)7-13(19-12)15-18-17-14(20-15)8-16-11-3-4-11/h2,5-7,11,16H,3-4,8H2,1H3. The third-order valence-electron chi connectivity index (χ3n) is 3.47. The van der Waals surface area contributed by atoms with E-state index in [9.17, 15) is 0 Å². The molecule has 1 aromatic carbocycles. The smallest absolute Gasteiger partial charge is 0.283 e. The molecule has 5 nitrogen and oxygen atoms in total. The third-order valence-corrected chi connectivity index (χ3v) is 3.47. The molecule has 0 aliphatic heterocycles. The summed E-state index contributed by atoms with van der Waals surface area (Å²) in [6, 6.07) is 8.62. The summed E-state index contributed by atoms with van der Waals surface area (Å²) in [4.78, 5) is 0. The zero-order chi connectivity index (χ0) is 13.5. The van der Waals surface area contributed by atoms with Crippen LogP contribution in [0.5, 0.6) is 0 Å². The molecule has 4 rings (SSSR count). The number of aryl methyl sites for hydroxylation is 1. The number of benzene rings is 1. The molecule has 0 amide bonds. The van der Waals surface area contributed by atoms with Crippen molar-refractivity contribution in [3.63, 3.8) is 0 Å². The lowest BCUT2D eigenvalue weighted by Gasteiger charge is -1.95. The van der Waals surface area contributed by atoms with Gasteiger partial charge in [0.1, 0.15) is 5.58 Å². The third kappa shape index (κ3) is 2.20. The van der Waals surface area contributed by atoms with E-state index >= 15 is 0 Å². The monoisotopic (exact) mass is 269 g/mol. The summed E-state index contributed by atoms with van der Waals surface area (Å²) in [7, 11) is 0. The molecular formula is C15H15N3O2. The summed E-state index contributed by atoms with van der Waals surface area (Å²) in [5, 5.41) is 12.5. The lowest BCUT2D eigenvalue weighted by molar-refractivity contribution is 0.464. The number of aromatic nitrogens is 2. The van der Waals surface area contributed by atoms with Crippen molar-refractivity contribution in [3.05, 3.63) is 35.7 Å². The van der Waals surface area contributed by atoms with Crippen molar-refractivity contribution in [2.75, 3.05) is 0 Å². The molecule has 2 aromatic heterocycles. The molecule has 0 radical (unpaired) electrons. The maximum atomic E-state index is 5.74. The number of hydrogen-bond acceptors (Lipinski definition) is 5. The molecule has 1 aliphatic carbocycles. The zero-order valence-electron chi connectivity index (χ0n) is 11.2. The van der Waals surface area contributed by atoms with E-state index < -0.39 is 0 Å². The first kappa shape index (κ1) is 11.7. The van der Waals surface area contributed by atoms with Crippen LogP contribution in [-0.4, -0.2) is 16.2 Å². The molecule has 20 heavy (non-hydrogen) atoms. The minimum absolute atomic E-state index is 0.437. The maximum Gasteiger partial charge on any atom is 0.283 e. The van der Waals surface area contributed by atoms with Gasteiger partial charge in [-0.05, 0) is 38.0 Å². The average molecular weight is 269 g/mol. The van der Waals surface area contributed by atoms with Crippen LogP contribution < -0.4 is 5.32 Å². The normalized spacial score (nSPS) is 15.1. The highest BCUT2D eigenvalue weighted by Crippen LogP contribution is 2.27. The quantitative estimate of drug-likeness (QED) is 0.788. The number of furan rings is 1. The fourth-order valence-corrected chi connectivity index (χ4v) is 2.21. The average Bonchev–Trinajstić information content (AvgIpc) is 2.99. The van der Waals surface area contributed by atoms with Gasteiger partial charge in [0.15, 0.2) is 5.76 Å². The molecule has 1 aliphatic rings. The molecule has 1 N–H and O–H groups in total. The zero-order valence-corrected chi connectivity index (χ0v) is 11.2. The summed E-state index contributed by atoms with van der Waals surface area (Å²) < 4.78 is 11.4. The lowest BCUT2D eigenvalue weighted by Crippen LogP contribution is -2.15. The molecule has 0 bridgehead atoms. The van der Waals surface area contributed by atoms with Crippen LogP contribution in [0.2, 0.25) is 0 Å². The number of nitrogens with one attached hydrogen (secondary N) is 1. The van der Waals surface area contributed by atoms with Crippen LogP contribution in [0.3, 0.4) is 0 Å². The topological polar surface area (TPSA) is 64.1 Å². The first-order valence-corrected chi connectivity index (χ1v) is 6.84. The van der Waals surface area contributed by atoms with Gasteiger partial charge < -0.3 is 14.2 Å². The van der Waals surface area contributed by atoms with Gasteiger partial charge in [-0.3, -0.25) is 0 Å². The number of rotatable bonds is 4. The Bertz CT molecular complexity index is 755. The van der Waals surface area contributed by atoms with E-state index in [1.807, 2.05) is 18.2 Å². The van der Waals surface area contributed by atoms with Gasteiger partial charge in [0.25, 0.3) is 5.89 Å². The van der Waals surface area contributed by atoms with E-state index in [1.54, 1.807) is 0 Å². The summed E-state index contributed by atoms with van der Waals surface area (Å²) in [5.74, 6) is 1.66. The predicted molar refractivity (Wildman–Crippen MR) is 74.1 cm³/mol. The van der Waals surface area contributed by atoms with Gasteiger partial charge in [-0.2, -0.15) is 0 Å². The molecule has 0 saturated heterocycles. The summed E-state index contributed by atoms with van der Waals surface area (Å²) in [6.07, 6.45) is 2.48. The minimum Gasteiger partial charge on any atom is -0.451 e. The predicted octanol–water partition coefficient (Wildman–Crippen LogP) is 3.04. The van der Waals surface area contributed by atoms with Crippen molar-refractivity contribution >= 4 is 11.0 Å². The molecule has 2 heterocycles. The summed E-state index contributed by atoms with van der Waals surface area (Å²) >= 11 is 0. The van der Waals surface area contributed by atoms with Crippen LogP contribution in [0.15, 0.2) is 33.1 Å². The van der Waals surface area contributed by atoms with Crippen LogP contribution in [-0.2, 0) is 6.54 Å². The van der Waals surface area contributed by atoms with Gasteiger partial charge in [-0.25, -0.2) is 0 Å². The van der Waals surface area contributed by atoms with E-state index in [2.05, 4.69) is 28.5 Å². The molecule has 3 aromatic rings. The van der Waals surface area contributed by atoms with Crippen LogP contribution in [0, 0.1) is 6.92 Å². The van der Waals surface area contributed by atoms with Gasteiger partial charge >= 0.3 is 0 Å². The molecule has 5 heteroatoms. The molecule has 102 valence electrons. The summed E-state index contributed by atoms with van der Waals surface area (Å²) in [6.45, 7) is 2.68.